The van der Waals surface area contributed by atoms with Crippen LogP contribution in [0.4, 0.5) is 10.5 Å². The summed E-state index contributed by atoms with van der Waals surface area (Å²) in [6.07, 6.45) is -0.152. The summed E-state index contributed by atoms with van der Waals surface area (Å²) in [5.74, 6) is -0.0239. The van der Waals surface area contributed by atoms with E-state index in [0.29, 0.717) is 25.2 Å². The van der Waals surface area contributed by atoms with Gasteiger partial charge in [-0.3, -0.25) is 4.79 Å². The first-order valence-electron chi connectivity index (χ1n) is 8.58. The van der Waals surface area contributed by atoms with Gasteiger partial charge in [0.2, 0.25) is 5.91 Å². The molecule has 1 aromatic carbocycles. The fourth-order valence-electron chi connectivity index (χ4n) is 2.78. The van der Waals surface area contributed by atoms with Gasteiger partial charge in [0.15, 0.2) is 0 Å². The molecule has 2 atom stereocenters. The molecule has 0 saturated carbocycles. The molecule has 1 aliphatic rings. The van der Waals surface area contributed by atoms with Crippen molar-refractivity contribution in [3.8, 4) is 0 Å². The van der Waals surface area contributed by atoms with Gasteiger partial charge in [0.1, 0.15) is 0 Å². The third-order valence-electron chi connectivity index (χ3n) is 3.84. The van der Waals surface area contributed by atoms with Gasteiger partial charge in [0, 0.05) is 18.3 Å². The van der Waals surface area contributed by atoms with Crippen LogP contribution in [0.1, 0.15) is 26.3 Å². The van der Waals surface area contributed by atoms with Gasteiger partial charge in [0.05, 0.1) is 31.8 Å². The van der Waals surface area contributed by atoms with E-state index < -0.39 is 0 Å². The van der Waals surface area contributed by atoms with Crippen LogP contribution in [0.5, 0.6) is 0 Å². The number of rotatable bonds is 5. The highest BCUT2D eigenvalue weighted by molar-refractivity contribution is 5.89. The van der Waals surface area contributed by atoms with Crippen molar-refractivity contribution >= 4 is 17.6 Å². The normalized spacial score (nSPS) is 20.4. The lowest BCUT2D eigenvalue weighted by Crippen LogP contribution is -2.51. The molecule has 0 radical (unpaired) electrons. The van der Waals surface area contributed by atoms with E-state index in [1.54, 1.807) is 17.0 Å². The molecule has 3 amide bonds. The predicted molar refractivity (Wildman–Crippen MR) is 95.4 cm³/mol. The summed E-state index contributed by atoms with van der Waals surface area (Å²) < 4.78 is 5.54. The Labute approximate surface area is 148 Å². The maximum atomic E-state index is 12.4. The summed E-state index contributed by atoms with van der Waals surface area (Å²) in [4.78, 5) is 25.8. The van der Waals surface area contributed by atoms with Gasteiger partial charge in [-0.15, -0.1) is 0 Å². The van der Waals surface area contributed by atoms with E-state index in [2.05, 4.69) is 10.6 Å². The summed E-state index contributed by atoms with van der Waals surface area (Å²) in [6.45, 7) is 6.45. The number of aliphatic hydroxyl groups is 1. The first kappa shape index (κ1) is 19.2. The Balaban J connectivity index is 1.90. The highest BCUT2D eigenvalue weighted by Gasteiger charge is 2.27. The maximum absolute atomic E-state index is 12.4. The van der Waals surface area contributed by atoms with Gasteiger partial charge in [-0.2, -0.15) is 0 Å². The van der Waals surface area contributed by atoms with E-state index in [4.69, 9.17) is 4.74 Å². The van der Waals surface area contributed by atoms with Crippen molar-refractivity contribution in [1.82, 2.24) is 10.2 Å². The van der Waals surface area contributed by atoms with Crippen LogP contribution in [0.25, 0.3) is 0 Å². The first-order valence-corrected chi connectivity index (χ1v) is 8.58. The van der Waals surface area contributed by atoms with Crippen molar-refractivity contribution in [2.24, 2.45) is 0 Å². The third-order valence-corrected chi connectivity index (χ3v) is 3.84. The number of ether oxygens (including phenoxy) is 1. The quantitative estimate of drug-likeness (QED) is 0.749. The van der Waals surface area contributed by atoms with E-state index in [1.807, 2.05) is 32.9 Å². The van der Waals surface area contributed by atoms with Crippen molar-refractivity contribution in [2.75, 3.05) is 25.0 Å². The number of aliphatic hydroxyl groups excluding tert-OH is 1. The monoisotopic (exact) mass is 349 g/mol. The molecule has 7 nitrogen and oxygen atoms in total. The number of urea groups is 1. The molecule has 1 saturated heterocycles. The van der Waals surface area contributed by atoms with Crippen LogP contribution in [0.3, 0.4) is 0 Å². The maximum Gasteiger partial charge on any atom is 0.322 e. The number of carbonyl (C=O) groups is 2. The van der Waals surface area contributed by atoms with Gasteiger partial charge in [-0.05, 0) is 38.5 Å². The van der Waals surface area contributed by atoms with Crippen molar-refractivity contribution in [1.29, 1.82) is 0 Å². The average Bonchev–Trinajstić information content (AvgIpc) is 2.55. The second-order valence-corrected chi connectivity index (χ2v) is 6.68. The number of hydrogen-bond donors (Lipinski definition) is 3. The Morgan fingerprint density at radius 3 is 2.56 bits per heavy atom. The number of morpholine rings is 1. The molecular formula is C18H27N3O4. The highest BCUT2D eigenvalue weighted by atomic mass is 16.5. The minimum Gasteiger partial charge on any atom is -0.394 e. The summed E-state index contributed by atoms with van der Waals surface area (Å²) in [5.41, 5.74) is 1.55. The summed E-state index contributed by atoms with van der Waals surface area (Å²) in [5, 5.41) is 14.9. The SMILES string of the molecule is CC(C)NC(=O)Cc1ccc(NC(=O)N2CC(C)OC(CO)C2)cc1. The van der Waals surface area contributed by atoms with E-state index >= 15 is 0 Å². The van der Waals surface area contributed by atoms with Crippen molar-refractivity contribution < 1.29 is 19.4 Å². The lowest BCUT2D eigenvalue weighted by Gasteiger charge is -2.36. The molecule has 138 valence electrons. The number of anilines is 1. The van der Waals surface area contributed by atoms with Crippen molar-refractivity contribution in [2.45, 2.75) is 45.4 Å². The molecule has 2 rings (SSSR count). The summed E-state index contributed by atoms with van der Waals surface area (Å²) >= 11 is 0. The Morgan fingerprint density at radius 1 is 1.28 bits per heavy atom. The molecule has 1 heterocycles. The Morgan fingerprint density at radius 2 is 1.96 bits per heavy atom. The van der Waals surface area contributed by atoms with Crippen molar-refractivity contribution in [3.05, 3.63) is 29.8 Å². The van der Waals surface area contributed by atoms with E-state index in [9.17, 15) is 14.7 Å². The van der Waals surface area contributed by atoms with E-state index in [1.165, 1.54) is 0 Å². The second kappa shape index (κ2) is 8.82. The first-order chi connectivity index (χ1) is 11.9. The molecule has 1 aliphatic heterocycles. The summed E-state index contributed by atoms with van der Waals surface area (Å²) in [6, 6.07) is 7.11. The standard InChI is InChI=1S/C18H27N3O4/c1-12(2)19-17(23)8-14-4-6-15(7-5-14)20-18(24)21-9-13(3)25-16(10-21)11-22/h4-7,12-13,16,22H,8-11H2,1-3H3,(H,19,23)(H,20,24). The molecular weight excluding hydrogens is 322 g/mol. The minimum atomic E-state index is -0.351. The molecule has 25 heavy (non-hydrogen) atoms. The van der Waals surface area contributed by atoms with Crippen LogP contribution in [0, 0.1) is 0 Å². The lowest BCUT2D eigenvalue weighted by molar-refractivity contribution is -0.120. The zero-order valence-electron chi connectivity index (χ0n) is 15.0. The molecule has 7 heteroatoms. The van der Waals surface area contributed by atoms with Crippen LogP contribution < -0.4 is 10.6 Å². The van der Waals surface area contributed by atoms with Gasteiger partial charge in [-0.1, -0.05) is 12.1 Å². The number of nitrogens with one attached hydrogen (secondary N) is 2. The van der Waals surface area contributed by atoms with Crippen LogP contribution >= 0.6 is 0 Å². The van der Waals surface area contributed by atoms with Crippen LogP contribution in [0.15, 0.2) is 24.3 Å². The lowest BCUT2D eigenvalue weighted by atomic mass is 10.1. The molecule has 3 N–H and O–H groups in total. The molecule has 0 bridgehead atoms. The third kappa shape index (κ3) is 6.03. The van der Waals surface area contributed by atoms with E-state index in [-0.39, 0.29) is 36.8 Å². The fraction of sp³-hybridized carbons (Fsp3) is 0.556. The van der Waals surface area contributed by atoms with Crippen molar-refractivity contribution in [3.63, 3.8) is 0 Å². The topological polar surface area (TPSA) is 90.9 Å². The van der Waals surface area contributed by atoms with Crippen LogP contribution in [-0.2, 0) is 16.0 Å². The minimum absolute atomic E-state index is 0.0239. The number of amides is 3. The van der Waals surface area contributed by atoms with Gasteiger partial charge < -0.3 is 25.4 Å². The Hall–Kier alpha value is -2.12. The largest absolute Gasteiger partial charge is 0.394 e. The van der Waals surface area contributed by atoms with Crippen LogP contribution in [0.2, 0.25) is 0 Å². The molecule has 0 aliphatic carbocycles. The van der Waals surface area contributed by atoms with Crippen LogP contribution in [-0.4, -0.2) is 59.9 Å². The van der Waals surface area contributed by atoms with Gasteiger partial charge in [-0.25, -0.2) is 4.79 Å². The highest BCUT2D eigenvalue weighted by Crippen LogP contribution is 2.15. The molecule has 0 aromatic heterocycles. The molecule has 1 fully saturated rings. The zero-order chi connectivity index (χ0) is 18.4. The Kier molecular flexibility index (Phi) is 6.78. The molecule has 2 unspecified atom stereocenters. The number of hydrogen-bond acceptors (Lipinski definition) is 4. The predicted octanol–water partition coefficient (Wildman–Crippen LogP) is 1.37. The zero-order valence-corrected chi connectivity index (χ0v) is 15.0. The Bertz CT molecular complexity index is 588. The fourth-order valence-corrected chi connectivity index (χ4v) is 2.78. The average molecular weight is 349 g/mol. The van der Waals surface area contributed by atoms with E-state index in [0.717, 1.165) is 5.56 Å². The smallest absolute Gasteiger partial charge is 0.322 e. The summed E-state index contributed by atoms with van der Waals surface area (Å²) in [7, 11) is 0. The number of carbonyl (C=O) groups excluding carboxylic acids is 2. The molecule has 1 aromatic rings. The molecule has 0 spiro atoms. The number of nitrogens with zero attached hydrogens (tertiary/aromatic N) is 1. The van der Waals surface area contributed by atoms with Gasteiger partial charge >= 0.3 is 6.03 Å². The second-order valence-electron chi connectivity index (χ2n) is 6.68. The number of benzene rings is 1. The van der Waals surface area contributed by atoms with Gasteiger partial charge in [0.25, 0.3) is 0 Å².